The minimum absolute atomic E-state index is 0.125. The fourth-order valence-corrected chi connectivity index (χ4v) is 1.95. The lowest BCUT2D eigenvalue weighted by Crippen LogP contribution is -1.90. The molecule has 0 saturated carbocycles. The summed E-state index contributed by atoms with van der Waals surface area (Å²) >= 11 is 0. The van der Waals surface area contributed by atoms with E-state index in [0.29, 0.717) is 11.1 Å². The zero-order valence-electron chi connectivity index (χ0n) is 10.8. The maximum absolute atomic E-state index is 13.7. The van der Waals surface area contributed by atoms with Crippen LogP contribution in [0.5, 0.6) is 0 Å². The standard InChI is InChI=1S/C15H10F2N2O2/c16-11-5-2-6-12(17)13(11)15-18-14(19-21-15)10-4-1-3-9(7-10)8-20/h1-7,20H,8H2. The molecule has 0 spiro atoms. The van der Waals surface area contributed by atoms with E-state index in [1.807, 2.05) is 0 Å². The largest absolute Gasteiger partial charge is 0.392 e. The van der Waals surface area contributed by atoms with Gasteiger partial charge in [0.2, 0.25) is 5.82 Å². The molecule has 21 heavy (non-hydrogen) atoms. The number of rotatable bonds is 3. The highest BCUT2D eigenvalue weighted by atomic mass is 19.1. The van der Waals surface area contributed by atoms with Gasteiger partial charge >= 0.3 is 0 Å². The number of halogens is 2. The number of benzene rings is 2. The molecule has 0 amide bonds. The van der Waals surface area contributed by atoms with Crippen molar-refractivity contribution in [2.45, 2.75) is 6.61 Å². The highest BCUT2D eigenvalue weighted by Gasteiger charge is 2.18. The molecule has 0 unspecified atom stereocenters. The molecule has 0 aliphatic carbocycles. The van der Waals surface area contributed by atoms with Gasteiger partial charge in [-0.05, 0) is 23.8 Å². The zero-order valence-corrected chi connectivity index (χ0v) is 10.8. The molecule has 0 bridgehead atoms. The van der Waals surface area contributed by atoms with Crippen LogP contribution in [0.1, 0.15) is 5.56 Å². The Kier molecular flexibility index (Phi) is 3.45. The van der Waals surface area contributed by atoms with Crippen molar-refractivity contribution in [1.82, 2.24) is 10.1 Å². The molecule has 0 radical (unpaired) electrons. The van der Waals surface area contributed by atoms with E-state index >= 15 is 0 Å². The van der Waals surface area contributed by atoms with E-state index < -0.39 is 11.6 Å². The van der Waals surface area contributed by atoms with E-state index in [9.17, 15) is 8.78 Å². The minimum Gasteiger partial charge on any atom is -0.392 e. The Labute approximate surface area is 118 Å². The summed E-state index contributed by atoms with van der Waals surface area (Å²) in [6, 6.07) is 10.3. The molecule has 0 saturated heterocycles. The molecule has 1 heterocycles. The van der Waals surface area contributed by atoms with Gasteiger partial charge in [-0.3, -0.25) is 0 Å². The zero-order chi connectivity index (χ0) is 14.8. The SMILES string of the molecule is OCc1cccc(-c2noc(-c3c(F)cccc3F)n2)c1. The summed E-state index contributed by atoms with van der Waals surface area (Å²) < 4.78 is 32.3. The van der Waals surface area contributed by atoms with Crippen LogP contribution in [0.25, 0.3) is 22.8 Å². The molecule has 3 aromatic rings. The summed E-state index contributed by atoms with van der Waals surface area (Å²) in [4.78, 5) is 4.01. The summed E-state index contributed by atoms with van der Waals surface area (Å²) in [5.41, 5.74) is 0.916. The maximum atomic E-state index is 13.7. The second-order valence-corrected chi connectivity index (χ2v) is 4.38. The predicted octanol–water partition coefficient (Wildman–Crippen LogP) is 3.17. The minimum atomic E-state index is -0.769. The number of nitrogens with zero attached hydrogens (tertiary/aromatic N) is 2. The van der Waals surface area contributed by atoms with Crippen LogP contribution >= 0.6 is 0 Å². The number of aliphatic hydroxyl groups is 1. The van der Waals surface area contributed by atoms with Gasteiger partial charge in [-0.25, -0.2) is 8.78 Å². The van der Waals surface area contributed by atoms with E-state index in [1.54, 1.807) is 24.3 Å². The Morgan fingerprint density at radius 3 is 2.48 bits per heavy atom. The van der Waals surface area contributed by atoms with Crippen molar-refractivity contribution >= 4 is 0 Å². The van der Waals surface area contributed by atoms with Gasteiger partial charge in [0, 0.05) is 5.56 Å². The van der Waals surface area contributed by atoms with Crippen LogP contribution < -0.4 is 0 Å². The number of aliphatic hydroxyl groups excluding tert-OH is 1. The van der Waals surface area contributed by atoms with Crippen LogP contribution in [-0.4, -0.2) is 15.2 Å². The Morgan fingerprint density at radius 1 is 1.05 bits per heavy atom. The van der Waals surface area contributed by atoms with Crippen molar-refractivity contribution in [3.8, 4) is 22.8 Å². The van der Waals surface area contributed by atoms with Crippen molar-refractivity contribution in [2.24, 2.45) is 0 Å². The van der Waals surface area contributed by atoms with Crippen molar-refractivity contribution in [2.75, 3.05) is 0 Å². The van der Waals surface area contributed by atoms with Crippen LogP contribution in [0.15, 0.2) is 47.0 Å². The van der Waals surface area contributed by atoms with Gasteiger partial charge in [0.05, 0.1) is 6.61 Å². The predicted molar refractivity (Wildman–Crippen MR) is 71.0 cm³/mol. The van der Waals surface area contributed by atoms with Crippen molar-refractivity contribution in [1.29, 1.82) is 0 Å². The van der Waals surface area contributed by atoms with Gasteiger partial charge in [0.25, 0.3) is 5.89 Å². The third kappa shape index (κ3) is 2.53. The average molecular weight is 288 g/mol. The summed E-state index contributed by atoms with van der Waals surface area (Å²) in [6.45, 7) is -0.125. The molecule has 1 aromatic heterocycles. The number of hydrogen-bond acceptors (Lipinski definition) is 4. The first-order valence-electron chi connectivity index (χ1n) is 6.17. The highest BCUT2D eigenvalue weighted by Crippen LogP contribution is 2.27. The van der Waals surface area contributed by atoms with E-state index in [2.05, 4.69) is 10.1 Å². The second kappa shape index (κ2) is 5.41. The van der Waals surface area contributed by atoms with E-state index in [0.717, 1.165) is 12.1 Å². The number of aromatic nitrogens is 2. The van der Waals surface area contributed by atoms with Crippen LogP contribution in [0, 0.1) is 11.6 Å². The van der Waals surface area contributed by atoms with Crippen molar-refractivity contribution in [3.63, 3.8) is 0 Å². The normalized spacial score (nSPS) is 10.8. The lowest BCUT2D eigenvalue weighted by Gasteiger charge is -1.99. The first kappa shape index (κ1) is 13.4. The summed E-state index contributed by atoms with van der Waals surface area (Å²) in [7, 11) is 0. The molecule has 0 fully saturated rings. The molecule has 4 nitrogen and oxygen atoms in total. The first-order chi connectivity index (χ1) is 10.2. The fourth-order valence-electron chi connectivity index (χ4n) is 1.95. The van der Waals surface area contributed by atoms with Crippen LogP contribution in [0.4, 0.5) is 8.78 Å². The molecule has 1 N–H and O–H groups in total. The van der Waals surface area contributed by atoms with Crippen LogP contribution in [0.3, 0.4) is 0 Å². The van der Waals surface area contributed by atoms with E-state index in [-0.39, 0.29) is 23.9 Å². The summed E-state index contributed by atoms with van der Waals surface area (Å²) in [5, 5.41) is 12.8. The quantitative estimate of drug-likeness (QED) is 0.804. The Morgan fingerprint density at radius 2 is 1.76 bits per heavy atom. The molecular formula is C15H10F2N2O2. The molecular weight excluding hydrogens is 278 g/mol. The van der Waals surface area contributed by atoms with Gasteiger partial charge < -0.3 is 9.63 Å². The third-order valence-corrected chi connectivity index (χ3v) is 2.97. The molecule has 6 heteroatoms. The van der Waals surface area contributed by atoms with Crippen LogP contribution in [-0.2, 0) is 6.61 Å². The van der Waals surface area contributed by atoms with Gasteiger partial charge in [0.1, 0.15) is 17.2 Å². The van der Waals surface area contributed by atoms with E-state index in [4.69, 9.17) is 9.63 Å². The lowest BCUT2D eigenvalue weighted by atomic mass is 10.1. The lowest BCUT2D eigenvalue weighted by molar-refractivity contribution is 0.282. The van der Waals surface area contributed by atoms with E-state index in [1.165, 1.54) is 6.07 Å². The highest BCUT2D eigenvalue weighted by molar-refractivity contribution is 5.61. The fraction of sp³-hybridized carbons (Fsp3) is 0.0667. The van der Waals surface area contributed by atoms with Gasteiger partial charge in [-0.1, -0.05) is 29.4 Å². The Balaban J connectivity index is 2.04. The topological polar surface area (TPSA) is 59.2 Å². The third-order valence-electron chi connectivity index (χ3n) is 2.97. The molecule has 0 aliphatic rings. The Hall–Kier alpha value is -2.60. The molecule has 0 aliphatic heterocycles. The smallest absolute Gasteiger partial charge is 0.264 e. The monoisotopic (exact) mass is 288 g/mol. The van der Waals surface area contributed by atoms with Crippen molar-refractivity contribution < 1.29 is 18.4 Å². The van der Waals surface area contributed by atoms with Gasteiger partial charge in [-0.2, -0.15) is 4.98 Å². The Bertz CT molecular complexity index is 767. The molecule has 3 rings (SSSR count). The number of hydrogen-bond donors (Lipinski definition) is 1. The van der Waals surface area contributed by atoms with Crippen LogP contribution in [0.2, 0.25) is 0 Å². The van der Waals surface area contributed by atoms with Crippen molar-refractivity contribution in [3.05, 3.63) is 59.7 Å². The molecule has 0 atom stereocenters. The second-order valence-electron chi connectivity index (χ2n) is 4.38. The molecule has 2 aromatic carbocycles. The summed E-state index contributed by atoms with van der Waals surface area (Å²) in [5.74, 6) is -1.57. The summed E-state index contributed by atoms with van der Waals surface area (Å²) in [6.07, 6.45) is 0. The first-order valence-corrected chi connectivity index (χ1v) is 6.17. The molecule has 106 valence electrons. The van der Waals surface area contributed by atoms with Gasteiger partial charge in [0.15, 0.2) is 0 Å². The average Bonchev–Trinajstić information content (AvgIpc) is 2.97. The van der Waals surface area contributed by atoms with Gasteiger partial charge in [-0.15, -0.1) is 0 Å². The maximum Gasteiger partial charge on any atom is 0.264 e.